The van der Waals surface area contributed by atoms with Gasteiger partial charge in [0.05, 0.1) is 5.56 Å². The van der Waals surface area contributed by atoms with Gasteiger partial charge in [0.25, 0.3) is 0 Å². The van der Waals surface area contributed by atoms with Crippen molar-refractivity contribution in [1.82, 2.24) is 4.90 Å². The van der Waals surface area contributed by atoms with Crippen molar-refractivity contribution < 1.29 is 18.0 Å². The first-order chi connectivity index (χ1) is 11.9. The Bertz CT molecular complexity index is 719. The van der Waals surface area contributed by atoms with Crippen LogP contribution in [0.25, 0.3) is 0 Å². The smallest absolute Gasteiger partial charge is 0.324 e. The molecule has 8 heteroatoms. The molecule has 0 spiro atoms. The van der Waals surface area contributed by atoms with Crippen molar-refractivity contribution in [3.63, 3.8) is 0 Å². The number of nitrogens with one attached hydrogen (secondary N) is 1. The molecule has 0 radical (unpaired) electrons. The van der Waals surface area contributed by atoms with Crippen LogP contribution in [0.1, 0.15) is 22.1 Å². The Hall–Kier alpha value is -1.67. The normalized spacial score (nSPS) is 18.7. The lowest BCUT2D eigenvalue weighted by Gasteiger charge is -2.21. The first-order valence-corrected chi connectivity index (χ1v) is 9.74. The molecule has 0 aliphatic carbocycles. The molecule has 1 unspecified atom stereocenters. The molecule has 2 aromatic rings. The summed E-state index contributed by atoms with van der Waals surface area (Å²) in [4.78, 5) is 15.4. The molecule has 25 heavy (non-hydrogen) atoms. The second-order valence-electron chi connectivity index (χ2n) is 5.66. The van der Waals surface area contributed by atoms with Crippen LogP contribution in [0.5, 0.6) is 0 Å². The number of thiophene rings is 1. The lowest BCUT2D eigenvalue weighted by Crippen LogP contribution is -2.36. The molecular weight excluding hydrogens is 369 g/mol. The number of rotatable bonds is 2. The standard InChI is InChI=1S/C17H17F3N2OS2/c18-17(19,20)12-3-1-4-13(11-12)21-16(23)22-7-6-15(25-10-8-22)14-5-2-9-24-14/h1-5,9,11,15H,6-8,10H2,(H,21,23). The molecule has 2 amide bonds. The fourth-order valence-corrected chi connectivity index (χ4v) is 4.89. The third kappa shape index (κ3) is 4.70. The topological polar surface area (TPSA) is 32.3 Å². The number of thioether (sulfide) groups is 1. The molecule has 1 saturated heterocycles. The monoisotopic (exact) mass is 386 g/mol. The van der Waals surface area contributed by atoms with E-state index in [-0.39, 0.29) is 11.7 Å². The number of carbonyl (C=O) groups is 1. The zero-order valence-corrected chi connectivity index (χ0v) is 14.9. The average Bonchev–Trinajstić information content (AvgIpc) is 2.99. The number of hydrogen-bond acceptors (Lipinski definition) is 3. The number of amides is 2. The highest BCUT2D eigenvalue weighted by Gasteiger charge is 2.30. The molecule has 1 N–H and O–H groups in total. The fraction of sp³-hybridized carbons (Fsp3) is 0.353. The quantitative estimate of drug-likeness (QED) is 0.741. The Labute approximate surface area is 152 Å². The van der Waals surface area contributed by atoms with E-state index in [9.17, 15) is 18.0 Å². The fourth-order valence-electron chi connectivity index (χ4n) is 2.65. The van der Waals surface area contributed by atoms with Crippen LogP contribution in [0, 0.1) is 0 Å². The molecule has 3 nitrogen and oxygen atoms in total. The molecule has 0 saturated carbocycles. The van der Waals surface area contributed by atoms with Gasteiger partial charge in [-0.1, -0.05) is 12.1 Å². The van der Waals surface area contributed by atoms with Gasteiger partial charge in [-0.2, -0.15) is 24.9 Å². The molecule has 1 aliphatic rings. The van der Waals surface area contributed by atoms with Gasteiger partial charge in [-0.25, -0.2) is 4.79 Å². The van der Waals surface area contributed by atoms with Crippen molar-refractivity contribution in [3.05, 3.63) is 52.2 Å². The van der Waals surface area contributed by atoms with E-state index in [0.29, 0.717) is 18.3 Å². The minimum absolute atomic E-state index is 0.159. The van der Waals surface area contributed by atoms with E-state index in [1.807, 2.05) is 23.2 Å². The number of benzene rings is 1. The zero-order chi connectivity index (χ0) is 17.9. The van der Waals surface area contributed by atoms with Crippen LogP contribution in [0.2, 0.25) is 0 Å². The van der Waals surface area contributed by atoms with Crippen molar-refractivity contribution in [2.75, 3.05) is 24.2 Å². The Morgan fingerprint density at radius 3 is 2.76 bits per heavy atom. The molecule has 1 aromatic carbocycles. The maximum Gasteiger partial charge on any atom is 0.416 e. The summed E-state index contributed by atoms with van der Waals surface area (Å²) in [7, 11) is 0. The first-order valence-electron chi connectivity index (χ1n) is 7.81. The van der Waals surface area contributed by atoms with Crippen molar-refractivity contribution in [1.29, 1.82) is 0 Å². The number of anilines is 1. The summed E-state index contributed by atoms with van der Waals surface area (Å²) in [5, 5.41) is 4.99. The third-order valence-electron chi connectivity index (χ3n) is 3.93. The van der Waals surface area contributed by atoms with Gasteiger partial charge < -0.3 is 10.2 Å². The van der Waals surface area contributed by atoms with Gasteiger partial charge in [0.1, 0.15) is 0 Å². The second-order valence-corrected chi connectivity index (χ2v) is 7.95. The maximum absolute atomic E-state index is 12.8. The summed E-state index contributed by atoms with van der Waals surface area (Å²) in [5.74, 6) is 0.804. The van der Waals surface area contributed by atoms with Gasteiger partial charge in [0.2, 0.25) is 0 Å². The summed E-state index contributed by atoms with van der Waals surface area (Å²) >= 11 is 3.52. The number of halogens is 3. The lowest BCUT2D eigenvalue weighted by molar-refractivity contribution is -0.137. The molecule has 0 bridgehead atoms. The lowest BCUT2D eigenvalue weighted by atomic mass is 10.2. The van der Waals surface area contributed by atoms with Crippen molar-refractivity contribution >= 4 is 34.8 Å². The Balaban J connectivity index is 1.62. The van der Waals surface area contributed by atoms with Gasteiger partial charge in [-0.05, 0) is 36.1 Å². The van der Waals surface area contributed by atoms with Crippen molar-refractivity contribution in [3.8, 4) is 0 Å². The van der Waals surface area contributed by atoms with Crippen LogP contribution in [0.4, 0.5) is 23.7 Å². The van der Waals surface area contributed by atoms with Crippen molar-refractivity contribution in [2.24, 2.45) is 0 Å². The van der Waals surface area contributed by atoms with Crippen LogP contribution >= 0.6 is 23.1 Å². The van der Waals surface area contributed by atoms with E-state index >= 15 is 0 Å². The molecule has 1 aromatic heterocycles. The number of alkyl halides is 3. The molecular formula is C17H17F3N2OS2. The summed E-state index contributed by atoms with van der Waals surface area (Å²) in [5.41, 5.74) is -0.610. The van der Waals surface area contributed by atoms with Gasteiger partial charge in [0, 0.05) is 34.7 Å². The van der Waals surface area contributed by atoms with E-state index in [2.05, 4.69) is 11.4 Å². The minimum atomic E-state index is -4.42. The number of hydrogen-bond donors (Lipinski definition) is 1. The van der Waals surface area contributed by atoms with Crippen LogP contribution < -0.4 is 5.32 Å². The Morgan fingerprint density at radius 2 is 2.04 bits per heavy atom. The summed E-state index contributed by atoms with van der Waals surface area (Å²) in [6.45, 7) is 1.16. The molecule has 3 rings (SSSR count). The molecule has 1 atom stereocenters. The molecule has 134 valence electrons. The predicted octanol–water partition coefficient (Wildman–Crippen LogP) is 5.48. The first kappa shape index (κ1) is 18.1. The predicted molar refractivity (Wildman–Crippen MR) is 96.2 cm³/mol. The highest BCUT2D eigenvalue weighted by molar-refractivity contribution is 7.99. The Morgan fingerprint density at radius 1 is 1.20 bits per heavy atom. The van der Waals surface area contributed by atoms with Crippen LogP contribution in [0.15, 0.2) is 41.8 Å². The van der Waals surface area contributed by atoms with E-state index in [1.165, 1.54) is 17.0 Å². The second kappa shape index (κ2) is 7.70. The van der Waals surface area contributed by atoms with E-state index in [4.69, 9.17) is 0 Å². The van der Waals surface area contributed by atoms with Gasteiger partial charge in [-0.3, -0.25) is 0 Å². The van der Waals surface area contributed by atoms with Crippen LogP contribution in [0.3, 0.4) is 0 Å². The maximum atomic E-state index is 12.8. The summed E-state index contributed by atoms with van der Waals surface area (Å²) in [6.07, 6.45) is -3.59. The number of urea groups is 1. The highest BCUT2D eigenvalue weighted by Crippen LogP contribution is 2.37. The molecule has 1 aliphatic heterocycles. The molecule has 1 fully saturated rings. The summed E-state index contributed by atoms with van der Waals surface area (Å²) < 4.78 is 38.3. The third-order valence-corrected chi connectivity index (χ3v) is 6.38. The van der Waals surface area contributed by atoms with Gasteiger partial charge >= 0.3 is 12.2 Å². The Kier molecular flexibility index (Phi) is 5.58. The average molecular weight is 386 g/mol. The van der Waals surface area contributed by atoms with Gasteiger partial charge in [-0.15, -0.1) is 11.3 Å². The highest BCUT2D eigenvalue weighted by atomic mass is 32.2. The van der Waals surface area contributed by atoms with Crippen molar-refractivity contribution in [2.45, 2.75) is 17.8 Å². The van der Waals surface area contributed by atoms with Crippen LogP contribution in [-0.2, 0) is 6.18 Å². The summed E-state index contributed by atoms with van der Waals surface area (Å²) in [6, 6.07) is 8.47. The van der Waals surface area contributed by atoms with Crippen LogP contribution in [-0.4, -0.2) is 29.8 Å². The minimum Gasteiger partial charge on any atom is -0.324 e. The van der Waals surface area contributed by atoms with Gasteiger partial charge in [0.15, 0.2) is 0 Å². The van der Waals surface area contributed by atoms with E-state index < -0.39 is 11.7 Å². The zero-order valence-electron chi connectivity index (χ0n) is 13.3. The number of carbonyl (C=O) groups excluding carboxylic acids is 1. The number of nitrogens with zero attached hydrogens (tertiary/aromatic N) is 1. The molecule has 2 heterocycles. The van der Waals surface area contributed by atoms with E-state index in [0.717, 1.165) is 24.3 Å². The van der Waals surface area contributed by atoms with E-state index in [1.54, 1.807) is 16.2 Å². The SMILES string of the molecule is O=C(Nc1cccc(C(F)(F)F)c1)N1CCSC(c2cccs2)CC1. The largest absolute Gasteiger partial charge is 0.416 e.